The second-order valence-electron chi connectivity index (χ2n) is 3.58. The number of hydrogen-bond donors (Lipinski definition) is 2. The Hall–Kier alpha value is -1.05. The molecule has 0 aromatic carbocycles. The van der Waals surface area contributed by atoms with Crippen LogP contribution in [0.5, 0.6) is 0 Å². The monoisotopic (exact) mass is 254 g/mol. The molecule has 1 saturated heterocycles. The topological polar surface area (TPSA) is 66.6 Å². The summed E-state index contributed by atoms with van der Waals surface area (Å²) < 4.78 is 6.04. The third-order valence-electron chi connectivity index (χ3n) is 2.46. The average molecular weight is 254 g/mol. The number of aromatic nitrogens is 4. The van der Waals surface area contributed by atoms with E-state index in [0.717, 1.165) is 35.2 Å². The molecule has 0 saturated carbocycles. The van der Waals surface area contributed by atoms with Crippen molar-refractivity contribution in [3.8, 4) is 10.7 Å². The molecule has 1 unspecified atom stereocenters. The first-order valence-electron chi connectivity index (χ1n) is 5.05. The molecular weight excluding hydrogens is 244 g/mol. The molecule has 1 atom stereocenters. The fourth-order valence-electron chi connectivity index (χ4n) is 1.71. The molecule has 1 aliphatic heterocycles. The molecular formula is C9H10N4OS2. The van der Waals surface area contributed by atoms with Crippen LogP contribution < -0.4 is 0 Å². The highest BCUT2D eigenvalue weighted by Gasteiger charge is 2.21. The number of ether oxygens (including phenoxy) is 1. The zero-order valence-corrected chi connectivity index (χ0v) is 10.0. The lowest BCUT2D eigenvalue weighted by Crippen LogP contribution is -1.93. The van der Waals surface area contributed by atoms with Crippen molar-refractivity contribution in [2.24, 2.45) is 0 Å². The summed E-state index contributed by atoms with van der Waals surface area (Å²) in [7, 11) is 0. The van der Waals surface area contributed by atoms with E-state index in [1.807, 2.05) is 6.20 Å². The maximum atomic E-state index is 5.58. The van der Waals surface area contributed by atoms with Gasteiger partial charge in [0.25, 0.3) is 0 Å². The van der Waals surface area contributed by atoms with E-state index in [1.54, 1.807) is 11.3 Å². The van der Waals surface area contributed by atoms with Gasteiger partial charge in [-0.2, -0.15) is 4.98 Å². The summed E-state index contributed by atoms with van der Waals surface area (Å²) >= 11 is 6.51. The Morgan fingerprint density at radius 2 is 2.44 bits per heavy atom. The van der Waals surface area contributed by atoms with Crippen LogP contribution in [0.25, 0.3) is 10.7 Å². The number of H-pyrrole nitrogens is 2. The van der Waals surface area contributed by atoms with Crippen LogP contribution >= 0.6 is 23.6 Å². The van der Waals surface area contributed by atoms with Crippen molar-refractivity contribution in [3.63, 3.8) is 0 Å². The Bertz CT molecular complexity index is 537. The van der Waals surface area contributed by atoms with Crippen LogP contribution in [-0.2, 0) is 4.74 Å². The lowest BCUT2D eigenvalue weighted by Gasteiger charge is -2.02. The van der Waals surface area contributed by atoms with E-state index < -0.39 is 0 Å². The zero-order valence-electron chi connectivity index (χ0n) is 8.40. The molecule has 5 nitrogen and oxygen atoms in total. The van der Waals surface area contributed by atoms with Gasteiger partial charge in [0.2, 0.25) is 4.77 Å². The predicted octanol–water partition coefficient (Wildman–Crippen LogP) is 2.44. The predicted molar refractivity (Wildman–Crippen MR) is 62.8 cm³/mol. The van der Waals surface area contributed by atoms with Gasteiger partial charge in [-0.1, -0.05) is 0 Å². The van der Waals surface area contributed by atoms with E-state index in [-0.39, 0.29) is 6.10 Å². The largest absolute Gasteiger partial charge is 0.371 e. The quantitative estimate of drug-likeness (QED) is 0.808. The lowest BCUT2D eigenvalue weighted by molar-refractivity contribution is 0.111. The highest BCUT2D eigenvalue weighted by molar-refractivity contribution is 7.71. The van der Waals surface area contributed by atoms with Gasteiger partial charge in [-0.05, 0) is 25.1 Å². The Morgan fingerprint density at radius 3 is 3.12 bits per heavy atom. The molecule has 1 fully saturated rings. The van der Waals surface area contributed by atoms with Crippen LogP contribution in [-0.4, -0.2) is 26.8 Å². The molecule has 84 valence electrons. The highest BCUT2D eigenvalue weighted by Crippen LogP contribution is 2.33. The number of rotatable bonds is 2. The van der Waals surface area contributed by atoms with Gasteiger partial charge in [-0.15, -0.1) is 11.3 Å². The number of nitrogens with zero attached hydrogens (tertiary/aromatic N) is 2. The molecule has 0 bridgehead atoms. The SMILES string of the molecule is S=c1nc(-c2cnc(C3CCCO3)s2)[nH][nH]1. The molecule has 0 aliphatic carbocycles. The third-order valence-corrected chi connectivity index (χ3v) is 3.75. The van der Waals surface area contributed by atoms with Crippen LogP contribution in [0.2, 0.25) is 0 Å². The summed E-state index contributed by atoms with van der Waals surface area (Å²) in [5, 5.41) is 6.71. The third kappa shape index (κ3) is 1.81. The van der Waals surface area contributed by atoms with Crippen molar-refractivity contribution in [2.75, 3.05) is 6.61 Å². The smallest absolute Gasteiger partial charge is 0.213 e. The zero-order chi connectivity index (χ0) is 11.0. The second-order valence-corrected chi connectivity index (χ2v) is 5.03. The van der Waals surface area contributed by atoms with Gasteiger partial charge < -0.3 is 4.74 Å². The minimum absolute atomic E-state index is 0.167. The molecule has 0 spiro atoms. The van der Waals surface area contributed by atoms with E-state index in [9.17, 15) is 0 Å². The van der Waals surface area contributed by atoms with Crippen molar-refractivity contribution in [1.82, 2.24) is 20.2 Å². The molecule has 2 N–H and O–H groups in total. The van der Waals surface area contributed by atoms with Crippen molar-refractivity contribution in [1.29, 1.82) is 0 Å². The summed E-state index contributed by atoms with van der Waals surface area (Å²) in [5.41, 5.74) is 0. The highest BCUT2D eigenvalue weighted by atomic mass is 32.1. The molecule has 0 amide bonds. The lowest BCUT2D eigenvalue weighted by atomic mass is 10.2. The minimum Gasteiger partial charge on any atom is -0.371 e. The number of thiazole rings is 1. The van der Waals surface area contributed by atoms with Crippen LogP contribution in [0.1, 0.15) is 24.0 Å². The maximum absolute atomic E-state index is 5.58. The summed E-state index contributed by atoms with van der Waals surface area (Å²) in [4.78, 5) is 9.51. The molecule has 3 rings (SSSR count). The van der Waals surface area contributed by atoms with Gasteiger partial charge in [0, 0.05) is 12.8 Å². The summed E-state index contributed by atoms with van der Waals surface area (Å²) in [6.07, 6.45) is 4.15. The molecule has 3 heterocycles. The fraction of sp³-hybridized carbons (Fsp3) is 0.444. The van der Waals surface area contributed by atoms with Gasteiger partial charge in [0.15, 0.2) is 5.82 Å². The van der Waals surface area contributed by atoms with Gasteiger partial charge in [0.1, 0.15) is 11.1 Å². The van der Waals surface area contributed by atoms with Gasteiger partial charge in [0.05, 0.1) is 4.88 Å². The number of nitrogens with one attached hydrogen (secondary N) is 2. The maximum Gasteiger partial charge on any atom is 0.213 e. The van der Waals surface area contributed by atoms with Gasteiger partial charge in [-0.3, -0.25) is 10.2 Å². The van der Waals surface area contributed by atoms with E-state index in [4.69, 9.17) is 17.0 Å². The Morgan fingerprint density at radius 1 is 1.50 bits per heavy atom. The van der Waals surface area contributed by atoms with Crippen molar-refractivity contribution >= 4 is 23.6 Å². The minimum atomic E-state index is 0.167. The van der Waals surface area contributed by atoms with Crippen LogP contribution in [0.15, 0.2) is 6.20 Å². The summed E-state index contributed by atoms with van der Waals surface area (Å²) in [6, 6.07) is 0. The fourth-order valence-corrected chi connectivity index (χ4v) is 2.79. The van der Waals surface area contributed by atoms with Crippen LogP contribution in [0, 0.1) is 4.77 Å². The number of hydrogen-bond acceptors (Lipinski definition) is 5. The second kappa shape index (κ2) is 4.08. The number of aromatic amines is 2. The first kappa shape index (κ1) is 10.1. The first-order valence-corrected chi connectivity index (χ1v) is 6.28. The summed E-state index contributed by atoms with van der Waals surface area (Å²) in [5.74, 6) is 0.742. The molecule has 2 aromatic rings. The Labute approximate surface area is 101 Å². The molecule has 1 aliphatic rings. The normalized spacial score (nSPS) is 20.4. The average Bonchev–Trinajstić information content (AvgIpc) is 2.97. The first-order chi connectivity index (χ1) is 7.83. The van der Waals surface area contributed by atoms with Crippen molar-refractivity contribution < 1.29 is 4.74 Å². The van der Waals surface area contributed by atoms with E-state index in [1.165, 1.54) is 0 Å². The van der Waals surface area contributed by atoms with E-state index in [2.05, 4.69) is 20.2 Å². The Balaban J connectivity index is 1.89. The van der Waals surface area contributed by atoms with E-state index in [0.29, 0.717) is 4.77 Å². The van der Waals surface area contributed by atoms with Crippen molar-refractivity contribution in [3.05, 3.63) is 16.0 Å². The van der Waals surface area contributed by atoms with Crippen LogP contribution in [0.4, 0.5) is 0 Å². The Kier molecular flexibility index (Phi) is 2.58. The molecule has 7 heteroatoms. The molecule has 2 aromatic heterocycles. The molecule has 0 radical (unpaired) electrons. The standard InChI is InChI=1S/C9H10N4OS2/c15-9-11-7(12-13-9)6-4-10-8(16-6)5-2-1-3-14-5/h4-5H,1-3H2,(H2,11,12,13,15). The van der Waals surface area contributed by atoms with Crippen molar-refractivity contribution in [2.45, 2.75) is 18.9 Å². The van der Waals surface area contributed by atoms with Gasteiger partial charge >= 0.3 is 0 Å². The summed E-state index contributed by atoms with van der Waals surface area (Å²) in [6.45, 7) is 0.838. The van der Waals surface area contributed by atoms with Crippen LogP contribution in [0.3, 0.4) is 0 Å². The van der Waals surface area contributed by atoms with Gasteiger partial charge in [-0.25, -0.2) is 4.98 Å². The molecule has 16 heavy (non-hydrogen) atoms. The van der Waals surface area contributed by atoms with E-state index >= 15 is 0 Å².